The van der Waals surface area contributed by atoms with Gasteiger partial charge in [-0.25, -0.2) is 0 Å². The minimum Gasteiger partial charge on any atom is -0.493 e. The summed E-state index contributed by atoms with van der Waals surface area (Å²) in [5, 5.41) is 0. The highest BCUT2D eigenvalue weighted by Crippen LogP contribution is 2.35. The van der Waals surface area contributed by atoms with Crippen LogP contribution < -0.4 is 10.5 Å². The minimum absolute atomic E-state index is 0.00796. The number of nitrogens with zero attached hydrogens (tertiary/aromatic N) is 2. The van der Waals surface area contributed by atoms with E-state index < -0.39 is 0 Å². The van der Waals surface area contributed by atoms with Gasteiger partial charge in [-0.15, -0.1) is 0 Å². The lowest BCUT2D eigenvalue weighted by Gasteiger charge is -2.33. The van der Waals surface area contributed by atoms with E-state index in [0.29, 0.717) is 6.04 Å². The van der Waals surface area contributed by atoms with Crippen LogP contribution in [0.25, 0.3) is 0 Å². The summed E-state index contributed by atoms with van der Waals surface area (Å²) in [5.41, 5.74) is 9.10. The zero-order chi connectivity index (χ0) is 14.1. The van der Waals surface area contributed by atoms with Gasteiger partial charge in [-0.3, -0.25) is 0 Å². The molecule has 2 unspecified atom stereocenters. The molecular weight excluding hydrogens is 250 g/mol. The summed E-state index contributed by atoms with van der Waals surface area (Å²) in [6, 6.07) is 6.75. The van der Waals surface area contributed by atoms with Gasteiger partial charge in [0.05, 0.1) is 12.6 Å². The van der Waals surface area contributed by atoms with Crippen LogP contribution in [-0.2, 0) is 6.42 Å². The second-order valence-corrected chi connectivity index (χ2v) is 6.12. The SMILES string of the molecule is CN1CCCN(C)C(C(N)c2cccc3c2OCC3)C1. The van der Waals surface area contributed by atoms with Gasteiger partial charge in [0.15, 0.2) is 0 Å². The van der Waals surface area contributed by atoms with E-state index in [9.17, 15) is 0 Å². The summed E-state index contributed by atoms with van der Waals surface area (Å²) in [6.45, 7) is 4.07. The van der Waals surface area contributed by atoms with E-state index in [-0.39, 0.29) is 6.04 Å². The molecule has 4 nitrogen and oxygen atoms in total. The zero-order valence-electron chi connectivity index (χ0n) is 12.5. The maximum atomic E-state index is 6.62. The number of nitrogens with two attached hydrogens (primary N) is 1. The van der Waals surface area contributed by atoms with Crippen LogP contribution in [0.4, 0.5) is 0 Å². The van der Waals surface area contributed by atoms with Crippen LogP contribution >= 0.6 is 0 Å². The molecule has 1 aromatic rings. The Kier molecular flexibility index (Phi) is 3.96. The Morgan fingerprint density at radius 3 is 3.00 bits per heavy atom. The zero-order valence-corrected chi connectivity index (χ0v) is 12.5. The van der Waals surface area contributed by atoms with Gasteiger partial charge in [0, 0.05) is 24.6 Å². The average Bonchev–Trinajstić information content (AvgIpc) is 2.85. The predicted molar refractivity (Wildman–Crippen MR) is 81.1 cm³/mol. The second-order valence-electron chi connectivity index (χ2n) is 6.12. The molecule has 1 aromatic carbocycles. The van der Waals surface area contributed by atoms with Crippen LogP contribution in [0.1, 0.15) is 23.6 Å². The largest absolute Gasteiger partial charge is 0.493 e. The monoisotopic (exact) mass is 275 g/mol. The Morgan fingerprint density at radius 2 is 2.15 bits per heavy atom. The highest BCUT2D eigenvalue weighted by Gasteiger charge is 2.30. The van der Waals surface area contributed by atoms with Gasteiger partial charge >= 0.3 is 0 Å². The van der Waals surface area contributed by atoms with Crippen molar-refractivity contribution in [1.29, 1.82) is 0 Å². The smallest absolute Gasteiger partial charge is 0.127 e. The molecule has 0 amide bonds. The van der Waals surface area contributed by atoms with Gasteiger partial charge in [-0.05, 0) is 39.2 Å². The van der Waals surface area contributed by atoms with E-state index in [4.69, 9.17) is 10.5 Å². The van der Waals surface area contributed by atoms with Crippen molar-refractivity contribution in [2.75, 3.05) is 40.3 Å². The minimum atomic E-state index is 0.00796. The Bertz CT molecular complexity index is 477. The standard InChI is InChI=1S/C16H25N3O/c1-18-8-4-9-19(2)14(11-18)15(17)13-6-3-5-12-7-10-20-16(12)13/h3,5-6,14-15H,4,7-11,17H2,1-2H3. The normalized spacial score (nSPS) is 25.9. The van der Waals surface area contributed by atoms with Crippen molar-refractivity contribution in [3.8, 4) is 5.75 Å². The van der Waals surface area contributed by atoms with Crippen molar-refractivity contribution in [1.82, 2.24) is 9.80 Å². The Hall–Kier alpha value is -1.10. The van der Waals surface area contributed by atoms with Gasteiger partial charge in [0.2, 0.25) is 0 Å². The number of fused-ring (bicyclic) bond motifs is 1. The topological polar surface area (TPSA) is 41.7 Å². The third-order valence-corrected chi connectivity index (χ3v) is 4.63. The van der Waals surface area contributed by atoms with Gasteiger partial charge in [0.25, 0.3) is 0 Å². The van der Waals surface area contributed by atoms with Crippen LogP contribution in [0, 0.1) is 0 Å². The number of likely N-dealkylation sites (N-methyl/N-ethyl adjacent to an activating group) is 2. The van der Waals surface area contributed by atoms with Gasteiger partial charge in [-0.1, -0.05) is 18.2 Å². The maximum absolute atomic E-state index is 6.62. The number of rotatable bonds is 2. The average molecular weight is 275 g/mol. The van der Waals surface area contributed by atoms with Crippen molar-refractivity contribution in [2.24, 2.45) is 5.73 Å². The fraction of sp³-hybridized carbons (Fsp3) is 0.625. The first-order valence-electron chi connectivity index (χ1n) is 7.56. The summed E-state index contributed by atoms with van der Waals surface area (Å²) in [7, 11) is 4.37. The lowest BCUT2D eigenvalue weighted by Crippen LogP contribution is -2.45. The van der Waals surface area contributed by atoms with Crippen molar-refractivity contribution < 1.29 is 4.74 Å². The molecule has 4 heteroatoms. The molecule has 0 aromatic heterocycles. The van der Waals surface area contributed by atoms with Gasteiger partial charge in [-0.2, -0.15) is 0 Å². The molecule has 2 aliphatic rings. The molecule has 0 aliphatic carbocycles. The fourth-order valence-electron chi connectivity index (χ4n) is 3.40. The highest BCUT2D eigenvalue weighted by molar-refractivity contribution is 5.46. The first kappa shape index (κ1) is 13.9. The van der Waals surface area contributed by atoms with Crippen molar-refractivity contribution in [3.63, 3.8) is 0 Å². The molecule has 1 fully saturated rings. The Morgan fingerprint density at radius 1 is 1.30 bits per heavy atom. The van der Waals surface area contributed by atoms with Gasteiger partial charge in [0.1, 0.15) is 5.75 Å². The molecule has 2 aliphatic heterocycles. The Labute approximate surface area is 121 Å². The number of benzene rings is 1. The molecule has 20 heavy (non-hydrogen) atoms. The van der Waals surface area contributed by atoms with Crippen molar-refractivity contribution in [3.05, 3.63) is 29.3 Å². The molecule has 3 rings (SSSR count). The molecule has 2 heterocycles. The number of ether oxygens (including phenoxy) is 1. The quantitative estimate of drug-likeness (QED) is 0.882. The molecule has 0 bridgehead atoms. The first-order chi connectivity index (χ1) is 9.66. The van der Waals surface area contributed by atoms with Crippen LogP contribution in [0.2, 0.25) is 0 Å². The van der Waals surface area contributed by atoms with Crippen molar-refractivity contribution in [2.45, 2.75) is 24.9 Å². The first-order valence-corrected chi connectivity index (χ1v) is 7.56. The van der Waals surface area contributed by atoms with E-state index in [0.717, 1.165) is 38.4 Å². The van der Waals surface area contributed by atoms with E-state index in [1.54, 1.807) is 0 Å². The molecule has 1 saturated heterocycles. The molecule has 110 valence electrons. The van der Waals surface area contributed by atoms with Crippen LogP contribution in [-0.4, -0.2) is 56.2 Å². The molecule has 2 atom stereocenters. The summed E-state index contributed by atoms with van der Waals surface area (Å²) >= 11 is 0. The van der Waals surface area contributed by atoms with E-state index in [1.165, 1.54) is 17.5 Å². The van der Waals surface area contributed by atoms with Crippen LogP contribution in [0.3, 0.4) is 0 Å². The molecule has 0 spiro atoms. The number of hydrogen-bond donors (Lipinski definition) is 1. The lowest BCUT2D eigenvalue weighted by molar-refractivity contribution is 0.194. The molecule has 2 N–H and O–H groups in total. The number of para-hydroxylation sites is 1. The molecule has 0 saturated carbocycles. The van der Waals surface area contributed by atoms with E-state index >= 15 is 0 Å². The molecular formula is C16H25N3O. The highest BCUT2D eigenvalue weighted by atomic mass is 16.5. The summed E-state index contributed by atoms with van der Waals surface area (Å²) in [4.78, 5) is 4.79. The summed E-state index contributed by atoms with van der Waals surface area (Å²) in [5.74, 6) is 1.04. The number of hydrogen-bond acceptors (Lipinski definition) is 4. The Balaban J connectivity index is 1.87. The summed E-state index contributed by atoms with van der Waals surface area (Å²) in [6.07, 6.45) is 2.22. The van der Waals surface area contributed by atoms with Gasteiger partial charge < -0.3 is 20.3 Å². The van der Waals surface area contributed by atoms with E-state index in [1.807, 2.05) is 0 Å². The maximum Gasteiger partial charge on any atom is 0.127 e. The second kappa shape index (κ2) is 5.72. The third kappa shape index (κ3) is 2.55. The fourth-order valence-corrected chi connectivity index (χ4v) is 3.40. The molecule has 0 radical (unpaired) electrons. The van der Waals surface area contributed by atoms with Crippen molar-refractivity contribution >= 4 is 0 Å². The van der Waals surface area contributed by atoms with Crippen LogP contribution in [0.5, 0.6) is 5.75 Å². The van der Waals surface area contributed by atoms with E-state index in [2.05, 4.69) is 42.1 Å². The predicted octanol–water partition coefficient (Wildman–Crippen LogP) is 1.26. The lowest BCUT2D eigenvalue weighted by atomic mass is 9.96. The third-order valence-electron chi connectivity index (χ3n) is 4.63. The summed E-state index contributed by atoms with van der Waals surface area (Å²) < 4.78 is 5.82. The van der Waals surface area contributed by atoms with Crippen LogP contribution in [0.15, 0.2) is 18.2 Å².